The average molecular weight is 504 g/mol. The molecule has 0 aromatic heterocycles. The minimum atomic E-state index is -0.821. The van der Waals surface area contributed by atoms with Crippen molar-refractivity contribution in [2.45, 2.75) is 39.3 Å². The Kier molecular flexibility index (Phi) is 7.62. The SMILES string of the molecule is COc1ccc(/C(O)=C2\C(=O)C(=O)N(CCc3ccc(F)cc3)C2c2cccc(OC(C)C)c2)cc1C. The number of nitrogens with zero attached hydrogens (tertiary/aromatic N) is 1. The van der Waals surface area contributed by atoms with Crippen molar-refractivity contribution in [2.24, 2.45) is 0 Å². The molecule has 0 radical (unpaired) electrons. The summed E-state index contributed by atoms with van der Waals surface area (Å²) < 4.78 is 24.5. The van der Waals surface area contributed by atoms with Crippen molar-refractivity contribution in [3.05, 3.63) is 100 Å². The zero-order valence-electron chi connectivity index (χ0n) is 21.3. The molecule has 1 aliphatic rings. The molecule has 4 rings (SSSR count). The van der Waals surface area contributed by atoms with Gasteiger partial charge in [0.2, 0.25) is 0 Å². The molecule has 1 N–H and O–H groups in total. The van der Waals surface area contributed by atoms with E-state index in [1.54, 1.807) is 61.7 Å². The second-order valence-electron chi connectivity index (χ2n) is 9.29. The number of aliphatic hydroxyl groups is 1. The summed E-state index contributed by atoms with van der Waals surface area (Å²) >= 11 is 0. The number of amides is 1. The Morgan fingerprint density at radius 3 is 2.43 bits per heavy atom. The van der Waals surface area contributed by atoms with Gasteiger partial charge in [-0.25, -0.2) is 4.39 Å². The van der Waals surface area contributed by atoms with Gasteiger partial charge in [-0.05, 0) is 86.3 Å². The van der Waals surface area contributed by atoms with Crippen LogP contribution in [0.25, 0.3) is 5.76 Å². The van der Waals surface area contributed by atoms with Crippen LogP contribution in [0, 0.1) is 12.7 Å². The Morgan fingerprint density at radius 2 is 1.78 bits per heavy atom. The van der Waals surface area contributed by atoms with Gasteiger partial charge < -0.3 is 19.5 Å². The Bertz CT molecular complexity index is 1350. The Labute approximate surface area is 215 Å². The maximum Gasteiger partial charge on any atom is 0.295 e. The fourth-order valence-electron chi connectivity index (χ4n) is 4.57. The van der Waals surface area contributed by atoms with Crippen molar-refractivity contribution >= 4 is 17.4 Å². The number of hydrogen-bond donors (Lipinski definition) is 1. The fourth-order valence-corrected chi connectivity index (χ4v) is 4.57. The van der Waals surface area contributed by atoms with Crippen LogP contribution >= 0.6 is 0 Å². The number of aryl methyl sites for hydroxylation is 1. The second-order valence-corrected chi connectivity index (χ2v) is 9.29. The van der Waals surface area contributed by atoms with Crippen LogP contribution in [0.5, 0.6) is 11.5 Å². The Hall–Kier alpha value is -4.13. The fraction of sp³-hybridized carbons (Fsp3) is 0.267. The molecule has 0 aliphatic carbocycles. The van der Waals surface area contributed by atoms with Crippen molar-refractivity contribution in [3.8, 4) is 11.5 Å². The Morgan fingerprint density at radius 1 is 1.05 bits per heavy atom. The van der Waals surface area contributed by atoms with E-state index in [4.69, 9.17) is 9.47 Å². The number of hydrogen-bond acceptors (Lipinski definition) is 5. The van der Waals surface area contributed by atoms with Gasteiger partial charge in [0.15, 0.2) is 0 Å². The van der Waals surface area contributed by atoms with Gasteiger partial charge in [-0.3, -0.25) is 9.59 Å². The molecule has 0 spiro atoms. The van der Waals surface area contributed by atoms with Gasteiger partial charge in [0.05, 0.1) is 24.8 Å². The number of ketones is 1. The third-order valence-corrected chi connectivity index (χ3v) is 6.31. The van der Waals surface area contributed by atoms with Crippen molar-refractivity contribution in [3.63, 3.8) is 0 Å². The van der Waals surface area contributed by atoms with Crippen molar-refractivity contribution in [1.82, 2.24) is 4.90 Å². The lowest BCUT2D eigenvalue weighted by atomic mass is 9.94. The van der Waals surface area contributed by atoms with Gasteiger partial charge in [0.25, 0.3) is 11.7 Å². The van der Waals surface area contributed by atoms with E-state index < -0.39 is 17.7 Å². The molecule has 6 nitrogen and oxygen atoms in total. The van der Waals surface area contributed by atoms with E-state index >= 15 is 0 Å². The average Bonchev–Trinajstić information content (AvgIpc) is 3.12. The summed E-state index contributed by atoms with van der Waals surface area (Å²) in [5.41, 5.74) is 2.67. The molecule has 3 aromatic rings. The van der Waals surface area contributed by atoms with Crippen LogP contribution in [0.1, 0.15) is 42.1 Å². The standard InChI is InChI=1S/C30H30FNO5/c1-18(2)37-24-7-5-6-21(17-24)27-26(28(33)22-10-13-25(36-4)19(3)16-22)29(34)30(35)32(27)15-14-20-8-11-23(31)12-9-20/h5-13,16-18,27,33H,14-15H2,1-4H3/b28-26+. The minimum absolute atomic E-state index is 0.00960. The third-order valence-electron chi connectivity index (χ3n) is 6.31. The van der Waals surface area contributed by atoms with E-state index in [0.717, 1.165) is 11.1 Å². The highest BCUT2D eigenvalue weighted by Crippen LogP contribution is 2.40. The quantitative estimate of drug-likeness (QED) is 0.246. The molecule has 1 aliphatic heterocycles. The van der Waals surface area contributed by atoms with Crippen molar-refractivity contribution in [1.29, 1.82) is 0 Å². The first kappa shape index (κ1) is 25.9. The van der Waals surface area contributed by atoms with Gasteiger partial charge in [-0.15, -0.1) is 0 Å². The van der Waals surface area contributed by atoms with Crippen LogP contribution in [-0.2, 0) is 16.0 Å². The highest BCUT2D eigenvalue weighted by Gasteiger charge is 2.46. The molecule has 0 saturated carbocycles. The number of carbonyl (C=O) groups excluding carboxylic acids is 2. The van der Waals surface area contributed by atoms with Gasteiger partial charge in [-0.2, -0.15) is 0 Å². The maximum absolute atomic E-state index is 13.4. The van der Waals surface area contributed by atoms with Crippen LogP contribution < -0.4 is 9.47 Å². The first-order valence-electron chi connectivity index (χ1n) is 12.1. The van der Waals surface area contributed by atoms with Gasteiger partial charge >= 0.3 is 0 Å². The topological polar surface area (TPSA) is 76.1 Å². The normalized spacial score (nSPS) is 16.9. The van der Waals surface area contributed by atoms with Crippen LogP contribution in [0.2, 0.25) is 0 Å². The number of halogens is 1. The molecule has 1 heterocycles. The van der Waals surface area contributed by atoms with Gasteiger partial charge in [-0.1, -0.05) is 24.3 Å². The molecule has 192 valence electrons. The summed E-state index contributed by atoms with van der Waals surface area (Å²) in [5.74, 6) is -0.822. The predicted molar refractivity (Wildman–Crippen MR) is 139 cm³/mol. The second kappa shape index (κ2) is 10.9. The zero-order valence-corrected chi connectivity index (χ0v) is 21.3. The number of aliphatic hydroxyl groups excluding tert-OH is 1. The smallest absolute Gasteiger partial charge is 0.295 e. The van der Waals surface area contributed by atoms with Crippen molar-refractivity contribution in [2.75, 3.05) is 13.7 Å². The summed E-state index contributed by atoms with van der Waals surface area (Å²) in [5, 5.41) is 11.3. The van der Waals surface area contributed by atoms with Crippen molar-refractivity contribution < 1.29 is 28.6 Å². The minimum Gasteiger partial charge on any atom is -0.507 e. The Balaban J connectivity index is 1.80. The van der Waals surface area contributed by atoms with E-state index in [1.807, 2.05) is 20.8 Å². The number of rotatable bonds is 8. The summed E-state index contributed by atoms with van der Waals surface area (Å²) in [6.07, 6.45) is 0.343. The molecule has 7 heteroatoms. The lowest BCUT2D eigenvalue weighted by molar-refractivity contribution is -0.139. The van der Waals surface area contributed by atoms with E-state index in [9.17, 15) is 19.1 Å². The third kappa shape index (κ3) is 5.50. The summed E-state index contributed by atoms with van der Waals surface area (Å²) in [7, 11) is 1.56. The van der Waals surface area contributed by atoms with Crippen LogP contribution in [0.3, 0.4) is 0 Å². The number of likely N-dealkylation sites (tertiary alicyclic amines) is 1. The molecule has 1 unspecified atom stereocenters. The summed E-state index contributed by atoms with van der Waals surface area (Å²) in [4.78, 5) is 28.0. The van der Waals surface area contributed by atoms with Crippen LogP contribution in [0.15, 0.2) is 72.3 Å². The number of benzene rings is 3. The molecule has 3 aromatic carbocycles. The summed E-state index contributed by atoms with van der Waals surface area (Å²) in [6, 6.07) is 17.5. The molecule has 1 amide bonds. The first-order valence-corrected chi connectivity index (χ1v) is 12.1. The molecule has 37 heavy (non-hydrogen) atoms. The van der Waals surface area contributed by atoms with E-state index in [2.05, 4.69) is 0 Å². The number of ether oxygens (including phenoxy) is 2. The number of carbonyl (C=O) groups is 2. The van der Waals surface area contributed by atoms with Crippen LogP contribution in [0.4, 0.5) is 4.39 Å². The monoisotopic (exact) mass is 503 g/mol. The molecule has 1 saturated heterocycles. The number of methoxy groups -OCH3 is 1. The first-order chi connectivity index (χ1) is 17.7. The van der Waals surface area contributed by atoms with E-state index in [1.165, 1.54) is 17.0 Å². The predicted octanol–water partition coefficient (Wildman–Crippen LogP) is 5.59. The zero-order chi connectivity index (χ0) is 26.7. The molecular weight excluding hydrogens is 473 g/mol. The molecule has 0 bridgehead atoms. The highest BCUT2D eigenvalue weighted by molar-refractivity contribution is 6.46. The molecular formula is C30H30FNO5. The molecule has 1 fully saturated rings. The summed E-state index contributed by atoms with van der Waals surface area (Å²) in [6.45, 7) is 5.86. The van der Waals surface area contributed by atoms with Crippen LogP contribution in [-0.4, -0.2) is 41.5 Å². The number of Topliss-reactive ketones (excluding diaryl/α,β-unsaturated/α-hetero) is 1. The molecule has 1 atom stereocenters. The highest BCUT2D eigenvalue weighted by atomic mass is 19.1. The maximum atomic E-state index is 13.4. The van der Waals surface area contributed by atoms with Gasteiger partial charge in [0.1, 0.15) is 23.1 Å². The largest absolute Gasteiger partial charge is 0.507 e. The lowest BCUT2D eigenvalue weighted by Gasteiger charge is -2.26. The van der Waals surface area contributed by atoms with E-state index in [0.29, 0.717) is 29.0 Å². The van der Waals surface area contributed by atoms with Gasteiger partial charge in [0, 0.05) is 12.1 Å². The lowest BCUT2D eigenvalue weighted by Crippen LogP contribution is -2.31. The van der Waals surface area contributed by atoms with E-state index in [-0.39, 0.29) is 29.8 Å².